The van der Waals surface area contributed by atoms with Crippen LogP contribution in [0.15, 0.2) is 97.3 Å². The van der Waals surface area contributed by atoms with Crippen molar-refractivity contribution in [1.29, 1.82) is 0 Å². The molecule has 0 bridgehead atoms. The van der Waals surface area contributed by atoms with Crippen molar-refractivity contribution >= 4 is 57.5 Å². The number of rotatable bonds is 8. The van der Waals surface area contributed by atoms with E-state index in [0.717, 1.165) is 4.68 Å². The molecule has 3 aromatic carbocycles. The molecule has 0 aliphatic carbocycles. The molecule has 6 rings (SSSR count). The van der Waals surface area contributed by atoms with Crippen LogP contribution < -0.4 is 19.4 Å². The molecule has 0 saturated carbocycles. The molecule has 1 atom stereocenters. The monoisotopic (exact) mass is 688 g/mol. The van der Waals surface area contributed by atoms with Crippen molar-refractivity contribution in [3.05, 3.63) is 103 Å². The minimum absolute atomic E-state index is 0.152. The molecule has 3 heterocycles. The predicted octanol–water partition coefficient (Wildman–Crippen LogP) is 6.53. The van der Waals surface area contributed by atoms with Gasteiger partial charge in [0.1, 0.15) is 23.8 Å². The smallest absolute Gasteiger partial charge is 0.435 e. The van der Waals surface area contributed by atoms with Crippen LogP contribution in [0.5, 0.6) is 5.75 Å². The second kappa shape index (κ2) is 14.1. The van der Waals surface area contributed by atoms with E-state index in [-0.39, 0.29) is 24.9 Å². The Morgan fingerprint density at radius 2 is 1.51 bits per heavy atom. The predicted molar refractivity (Wildman–Crippen MR) is 194 cm³/mol. The molecule has 51 heavy (non-hydrogen) atoms. The molecular formula is C39H40N6O6. The van der Waals surface area contributed by atoms with Gasteiger partial charge in [0.2, 0.25) is 17.7 Å². The molecule has 0 N–H and O–H groups in total. The zero-order chi connectivity index (χ0) is 36.4. The third kappa shape index (κ3) is 7.03. The molecule has 3 amide bonds. The average molecular weight is 689 g/mol. The minimum atomic E-state index is -1.32. The zero-order valence-electron chi connectivity index (χ0n) is 29.4. The third-order valence-corrected chi connectivity index (χ3v) is 8.47. The fourth-order valence-corrected chi connectivity index (χ4v) is 6.27. The number of nitrogens with zero attached hydrogens (tertiary/aromatic N) is 6. The first-order valence-electron chi connectivity index (χ1n) is 16.7. The minimum Gasteiger partial charge on any atom is -0.497 e. The topological polar surface area (TPSA) is 127 Å². The van der Waals surface area contributed by atoms with Crippen molar-refractivity contribution in [2.45, 2.75) is 52.7 Å². The first kappa shape index (κ1) is 34.8. The van der Waals surface area contributed by atoms with Crippen LogP contribution in [0.1, 0.15) is 40.3 Å². The van der Waals surface area contributed by atoms with Gasteiger partial charge < -0.3 is 19.3 Å². The number of pyridine rings is 1. The van der Waals surface area contributed by atoms with Crippen LogP contribution in [0, 0.1) is 5.92 Å². The highest BCUT2D eigenvalue weighted by atomic mass is 16.6. The number of amides is 3. The van der Waals surface area contributed by atoms with Gasteiger partial charge in [-0.1, -0.05) is 30.3 Å². The highest BCUT2D eigenvalue weighted by Gasteiger charge is 2.43. The summed E-state index contributed by atoms with van der Waals surface area (Å²) in [6.07, 6.45) is 2.30. The van der Waals surface area contributed by atoms with Crippen LogP contribution >= 0.6 is 0 Å². The molecule has 12 heteroatoms. The average Bonchev–Trinajstić information content (AvgIpc) is 3.45. The van der Waals surface area contributed by atoms with Crippen LogP contribution in [0.4, 0.5) is 27.5 Å². The van der Waals surface area contributed by atoms with Crippen LogP contribution in [0.25, 0.3) is 10.9 Å². The molecule has 0 spiro atoms. The zero-order valence-corrected chi connectivity index (χ0v) is 29.4. The Morgan fingerprint density at radius 3 is 2.16 bits per heavy atom. The van der Waals surface area contributed by atoms with Gasteiger partial charge in [-0.25, -0.2) is 4.79 Å². The normalized spacial score (nSPS) is 14.8. The van der Waals surface area contributed by atoms with Gasteiger partial charge in [0.25, 0.3) is 0 Å². The summed E-state index contributed by atoms with van der Waals surface area (Å²) in [7, 11) is 1.57. The van der Waals surface area contributed by atoms with Crippen LogP contribution in [0.2, 0.25) is 0 Å². The van der Waals surface area contributed by atoms with Crippen molar-refractivity contribution < 1.29 is 28.7 Å². The maximum atomic E-state index is 14.9. The van der Waals surface area contributed by atoms with Crippen LogP contribution in [-0.2, 0) is 25.5 Å². The van der Waals surface area contributed by atoms with Gasteiger partial charge in [0.05, 0.1) is 35.4 Å². The van der Waals surface area contributed by atoms with Gasteiger partial charge in [0.15, 0.2) is 0 Å². The lowest BCUT2D eigenvalue weighted by Gasteiger charge is -2.31. The second-order valence-electron chi connectivity index (χ2n) is 13.5. The fourth-order valence-electron chi connectivity index (χ4n) is 6.27. The Balaban J connectivity index is 1.46. The van der Waals surface area contributed by atoms with Crippen molar-refractivity contribution in [2.75, 3.05) is 28.4 Å². The van der Waals surface area contributed by atoms with E-state index in [1.165, 1.54) is 9.80 Å². The van der Waals surface area contributed by atoms with E-state index in [4.69, 9.17) is 9.47 Å². The maximum Gasteiger partial charge on any atom is 0.435 e. The van der Waals surface area contributed by atoms with Crippen molar-refractivity contribution in [3.63, 3.8) is 0 Å². The Labute approximate surface area is 296 Å². The number of carbonyl (C=O) groups is 4. The molecule has 12 nitrogen and oxygen atoms in total. The lowest BCUT2D eigenvalue weighted by molar-refractivity contribution is -0.132. The summed E-state index contributed by atoms with van der Waals surface area (Å²) in [5.74, 6) is -2.11. The molecule has 5 aromatic rings. The first-order valence-corrected chi connectivity index (χ1v) is 16.7. The number of aromatic nitrogens is 3. The molecule has 1 aliphatic heterocycles. The number of para-hydroxylation sites is 3. The summed E-state index contributed by atoms with van der Waals surface area (Å²) < 4.78 is 12.1. The van der Waals surface area contributed by atoms with E-state index in [9.17, 15) is 19.2 Å². The maximum absolute atomic E-state index is 14.9. The summed E-state index contributed by atoms with van der Waals surface area (Å²) in [5.41, 5.74) is 2.02. The SMILES string of the molecule is COc1ccc(N(C(=O)CN2C(=O)C(Cc3nn(C(=O)OC(C)(C)C)c4ccccc34)C(=O)N(c3ccncc3)c3ccccc32)C(C)C)cc1. The summed E-state index contributed by atoms with van der Waals surface area (Å²) in [5, 5.41) is 5.20. The molecule has 1 aliphatic rings. The molecule has 2 aromatic heterocycles. The lowest BCUT2D eigenvalue weighted by atomic mass is 9.98. The van der Waals surface area contributed by atoms with Gasteiger partial charge in [-0.2, -0.15) is 9.78 Å². The van der Waals surface area contributed by atoms with E-state index < -0.39 is 29.4 Å². The van der Waals surface area contributed by atoms with Crippen molar-refractivity contribution in [3.8, 4) is 5.75 Å². The van der Waals surface area contributed by atoms with Crippen molar-refractivity contribution in [2.24, 2.45) is 5.92 Å². The first-order chi connectivity index (χ1) is 24.4. The molecule has 0 saturated heterocycles. The van der Waals surface area contributed by atoms with Crippen molar-refractivity contribution in [1.82, 2.24) is 14.8 Å². The number of carbonyl (C=O) groups excluding carboxylic acids is 4. The van der Waals surface area contributed by atoms with E-state index in [0.29, 0.717) is 45.1 Å². The summed E-state index contributed by atoms with van der Waals surface area (Å²) in [4.78, 5) is 65.8. The Bertz CT molecular complexity index is 2090. The molecule has 262 valence electrons. The highest BCUT2D eigenvalue weighted by molar-refractivity contribution is 6.21. The van der Waals surface area contributed by atoms with E-state index >= 15 is 0 Å². The second-order valence-corrected chi connectivity index (χ2v) is 13.5. The number of ether oxygens (including phenoxy) is 2. The van der Waals surface area contributed by atoms with Gasteiger partial charge in [-0.3, -0.25) is 24.3 Å². The van der Waals surface area contributed by atoms with Crippen LogP contribution in [0.3, 0.4) is 0 Å². The number of hydrogen-bond acceptors (Lipinski definition) is 8. The number of methoxy groups -OCH3 is 1. The Hall–Kier alpha value is -6.04. The van der Waals surface area contributed by atoms with Crippen LogP contribution in [-0.4, -0.2) is 63.9 Å². The number of anilines is 4. The molecule has 0 fully saturated rings. The number of fused-ring (bicyclic) bond motifs is 2. The van der Waals surface area contributed by atoms with E-state index in [2.05, 4.69) is 10.1 Å². The van der Waals surface area contributed by atoms with Gasteiger partial charge in [0, 0.05) is 35.9 Å². The van der Waals surface area contributed by atoms with E-state index in [1.54, 1.807) is 130 Å². The molecule has 0 radical (unpaired) electrons. The molecular weight excluding hydrogens is 648 g/mol. The van der Waals surface area contributed by atoms with Gasteiger partial charge in [-0.15, -0.1) is 0 Å². The highest BCUT2D eigenvalue weighted by Crippen LogP contribution is 2.40. The van der Waals surface area contributed by atoms with Gasteiger partial charge >= 0.3 is 6.09 Å². The summed E-state index contributed by atoms with van der Waals surface area (Å²) in [6.45, 7) is 8.72. The molecule has 1 unspecified atom stereocenters. The third-order valence-electron chi connectivity index (χ3n) is 8.47. The summed E-state index contributed by atoms with van der Waals surface area (Å²) in [6, 6.07) is 24.3. The quantitative estimate of drug-likeness (QED) is 0.168. The lowest BCUT2D eigenvalue weighted by Crippen LogP contribution is -2.48. The Morgan fingerprint density at radius 1 is 0.863 bits per heavy atom. The standard InChI is InChI=1S/C39H40N6O6/c1-25(2)43(26-15-17-28(50-6)18-16-26)35(46)24-42-33-13-9-10-14-34(33)44(27-19-21-40-22-20-27)37(48)30(36(42)47)23-31-29-11-7-8-12-32(29)45(41-31)38(49)51-39(3,4)5/h7-22,25,30H,23-24H2,1-6H3. The van der Waals surface area contributed by atoms with Gasteiger partial charge in [-0.05, 0) is 89.2 Å². The Kier molecular flexibility index (Phi) is 9.60. The number of hydrogen-bond donors (Lipinski definition) is 0. The summed E-state index contributed by atoms with van der Waals surface area (Å²) >= 11 is 0. The fraction of sp³-hybridized carbons (Fsp3) is 0.282. The van der Waals surface area contributed by atoms with E-state index in [1.807, 2.05) is 13.8 Å². The number of benzene rings is 3. The largest absolute Gasteiger partial charge is 0.497 e.